The van der Waals surface area contributed by atoms with E-state index >= 15 is 0 Å². The minimum atomic E-state index is -0.0544. The smallest absolute Gasteiger partial charge is 0.252 e. The number of hydrogen-bond acceptors (Lipinski definition) is 3. The number of pyridine rings is 1. The molecular weight excluding hydrogens is 312 g/mol. The van der Waals surface area contributed by atoms with Crippen LogP contribution in [0.5, 0.6) is 5.88 Å². The summed E-state index contributed by atoms with van der Waals surface area (Å²) in [5, 5.41) is 3.90. The van der Waals surface area contributed by atoms with Crippen LogP contribution in [0.15, 0.2) is 54.6 Å². The van der Waals surface area contributed by atoms with E-state index in [0.29, 0.717) is 24.1 Å². The molecule has 1 saturated carbocycles. The zero-order valence-electron chi connectivity index (χ0n) is 14.2. The van der Waals surface area contributed by atoms with Gasteiger partial charge >= 0.3 is 0 Å². The molecule has 0 aliphatic heterocycles. The van der Waals surface area contributed by atoms with Crippen LogP contribution in [0.3, 0.4) is 0 Å². The first-order valence-electron chi connectivity index (χ1n) is 8.58. The lowest BCUT2D eigenvalue weighted by Crippen LogP contribution is -2.25. The van der Waals surface area contributed by atoms with Crippen LogP contribution in [-0.2, 0) is 6.61 Å². The van der Waals surface area contributed by atoms with Crippen molar-refractivity contribution in [2.75, 3.05) is 0 Å². The van der Waals surface area contributed by atoms with Gasteiger partial charge in [0.1, 0.15) is 6.61 Å². The lowest BCUT2D eigenvalue weighted by atomic mass is 10.1. The molecule has 1 aromatic heterocycles. The SMILES string of the molecule is Cc1ccc(COc2cc(C(=O)NC3CC3)c3ccccc3n2)cc1. The molecule has 0 atom stereocenters. The largest absolute Gasteiger partial charge is 0.473 e. The standard InChI is InChI=1S/C21H20N2O2/c1-14-6-8-15(9-7-14)13-25-20-12-18(21(24)22-16-10-11-16)17-4-2-3-5-19(17)23-20/h2-9,12,16H,10-11,13H2,1H3,(H,22,24). The molecule has 2 aromatic carbocycles. The van der Waals surface area contributed by atoms with Gasteiger partial charge in [0.15, 0.2) is 0 Å². The first-order chi connectivity index (χ1) is 12.2. The van der Waals surface area contributed by atoms with Gasteiger partial charge in [0.2, 0.25) is 5.88 Å². The van der Waals surface area contributed by atoms with Gasteiger partial charge in [-0.05, 0) is 31.4 Å². The van der Waals surface area contributed by atoms with Gasteiger partial charge < -0.3 is 10.1 Å². The number of fused-ring (bicyclic) bond motifs is 1. The van der Waals surface area contributed by atoms with Crippen LogP contribution in [0.4, 0.5) is 0 Å². The Bertz CT molecular complexity index is 915. The quantitative estimate of drug-likeness (QED) is 0.768. The number of nitrogens with zero attached hydrogens (tertiary/aromatic N) is 1. The summed E-state index contributed by atoms with van der Waals surface area (Å²) < 4.78 is 5.86. The van der Waals surface area contributed by atoms with Crippen molar-refractivity contribution in [3.63, 3.8) is 0 Å². The van der Waals surface area contributed by atoms with E-state index in [4.69, 9.17) is 4.74 Å². The van der Waals surface area contributed by atoms with E-state index < -0.39 is 0 Å². The highest BCUT2D eigenvalue weighted by molar-refractivity contribution is 6.06. The Hall–Kier alpha value is -2.88. The second-order valence-electron chi connectivity index (χ2n) is 6.55. The van der Waals surface area contributed by atoms with Crippen LogP contribution in [-0.4, -0.2) is 16.9 Å². The number of nitrogens with one attached hydrogen (secondary N) is 1. The van der Waals surface area contributed by atoms with Crippen molar-refractivity contribution in [1.29, 1.82) is 0 Å². The van der Waals surface area contributed by atoms with Crippen LogP contribution in [0.2, 0.25) is 0 Å². The predicted molar refractivity (Wildman–Crippen MR) is 97.7 cm³/mol. The number of carbonyl (C=O) groups is 1. The van der Waals surface area contributed by atoms with Gasteiger partial charge in [-0.1, -0.05) is 48.0 Å². The van der Waals surface area contributed by atoms with Crippen LogP contribution in [0.1, 0.15) is 34.3 Å². The fourth-order valence-corrected chi connectivity index (χ4v) is 2.75. The Kier molecular flexibility index (Phi) is 4.10. The molecule has 25 heavy (non-hydrogen) atoms. The number of rotatable bonds is 5. The molecule has 1 amide bonds. The molecule has 0 bridgehead atoms. The zero-order chi connectivity index (χ0) is 17.2. The Morgan fingerprint density at radius 3 is 2.68 bits per heavy atom. The highest BCUT2D eigenvalue weighted by Crippen LogP contribution is 2.25. The van der Waals surface area contributed by atoms with Gasteiger partial charge in [-0.25, -0.2) is 4.98 Å². The fraction of sp³-hybridized carbons (Fsp3) is 0.238. The number of aryl methyl sites for hydroxylation is 1. The molecule has 4 nitrogen and oxygen atoms in total. The van der Waals surface area contributed by atoms with Gasteiger partial charge in [-0.15, -0.1) is 0 Å². The number of benzene rings is 2. The van der Waals surface area contributed by atoms with E-state index in [2.05, 4.69) is 29.4 Å². The summed E-state index contributed by atoms with van der Waals surface area (Å²) in [5.41, 5.74) is 3.68. The Morgan fingerprint density at radius 1 is 1.16 bits per heavy atom. The van der Waals surface area contributed by atoms with Crippen molar-refractivity contribution in [3.05, 3.63) is 71.3 Å². The van der Waals surface area contributed by atoms with Gasteiger partial charge in [0.25, 0.3) is 5.91 Å². The summed E-state index contributed by atoms with van der Waals surface area (Å²) in [5.74, 6) is 0.418. The Balaban J connectivity index is 1.61. The van der Waals surface area contributed by atoms with Gasteiger partial charge in [-0.3, -0.25) is 4.79 Å². The number of carbonyl (C=O) groups excluding carboxylic acids is 1. The Labute approximate surface area is 146 Å². The summed E-state index contributed by atoms with van der Waals surface area (Å²) in [6.07, 6.45) is 2.12. The first kappa shape index (κ1) is 15.6. The van der Waals surface area contributed by atoms with Crippen molar-refractivity contribution in [2.24, 2.45) is 0 Å². The highest BCUT2D eigenvalue weighted by Gasteiger charge is 2.25. The van der Waals surface area contributed by atoms with Gasteiger partial charge in [-0.2, -0.15) is 0 Å². The molecule has 3 aromatic rings. The van der Waals surface area contributed by atoms with Crippen LogP contribution < -0.4 is 10.1 Å². The molecule has 126 valence electrons. The van der Waals surface area contributed by atoms with Crippen molar-refractivity contribution in [1.82, 2.24) is 10.3 Å². The predicted octanol–water partition coefficient (Wildman–Crippen LogP) is 4.01. The maximum absolute atomic E-state index is 12.6. The minimum Gasteiger partial charge on any atom is -0.473 e. The van der Waals surface area contributed by atoms with Gasteiger partial charge in [0, 0.05) is 17.5 Å². The molecule has 1 N–H and O–H groups in total. The molecule has 0 saturated heterocycles. The maximum atomic E-state index is 12.6. The normalized spacial score (nSPS) is 13.6. The molecular formula is C21H20N2O2. The van der Waals surface area contributed by atoms with E-state index in [0.717, 1.165) is 29.3 Å². The van der Waals surface area contributed by atoms with E-state index in [1.54, 1.807) is 6.07 Å². The van der Waals surface area contributed by atoms with Crippen LogP contribution >= 0.6 is 0 Å². The second-order valence-corrected chi connectivity index (χ2v) is 6.55. The van der Waals surface area contributed by atoms with Crippen LogP contribution in [0.25, 0.3) is 10.9 Å². The minimum absolute atomic E-state index is 0.0544. The summed E-state index contributed by atoms with van der Waals surface area (Å²) in [6.45, 7) is 2.48. The van der Waals surface area contributed by atoms with Crippen molar-refractivity contribution >= 4 is 16.8 Å². The third kappa shape index (κ3) is 3.63. The van der Waals surface area contributed by atoms with E-state index in [1.807, 2.05) is 36.4 Å². The molecule has 0 spiro atoms. The molecule has 1 fully saturated rings. The lowest BCUT2D eigenvalue weighted by molar-refractivity contribution is 0.0952. The lowest BCUT2D eigenvalue weighted by Gasteiger charge is -2.11. The molecule has 0 radical (unpaired) electrons. The highest BCUT2D eigenvalue weighted by atomic mass is 16.5. The molecule has 1 heterocycles. The first-order valence-corrected chi connectivity index (χ1v) is 8.58. The fourth-order valence-electron chi connectivity index (χ4n) is 2.75. The molecule has 1 aliphatic rings. The summed E-state index contributed by atoms with van der Waals surface area (Å²) in [6, 6.07) is 17.9. The Morgan fingerprint density at radius 2 is 1.92 bits per heavy atom. The van der Waals surface area contributed by atoms with E-state index in [9.17, 15) is 4.79 Å². The number of amides is 1. The summed E-state index contributed by atoms with van der Waals surface area (Å²) >= 11 is 0. The maximum Gasteiger partial charge on any atom is 0.252 e. The number of hydrogen-bond donors (Lipinski definition) is 1. The summed E-state index contributed by atoms with van der Waals surface area (Å²) in [4.78, 5) is 17.1. The van der Waals surface area contributed by atoms with Crippen LogP contribution in [0, 0.1) is 6.92 Å². The van der Waals surface area contributed by atoms with Gasteiger partial charge in [0.05, 0.1) is 11.1 Å². The van der Waals surface area contributed by atoms with E-state index in [1.165, 1.54) is 5.56 Å². The van der Waals surface area contributed by atoms with Crippen molar-refractivity contribution in [2.45, 2.75) is 32.4 Å². The third-order valence-corrected chi connectivity index (χ3v) is 4.36. The van der Waals surface area contributed by atoms with E-state index in [-0.39, 0.29) is 5.91 Å². The molecule has 4 heteroatoms. The monoisotopic (exact) mass is 332 g/mol. The average Bonchev–Trinajstić information content (AvgIpc) is 3.44. The topological polar surface area (TPSA) is 51.2 Å². The molecule has 4 rings (SSSR count). The van der Waals surface area contributed by atoms with Crippen molar-refractivity contribution in [3.8, 4) is 5.88 Å². The third-order valence-electron chi connectivity index (χ3n) is 4.36. The zero-order valence-corrected chi connectivity index (χ0v) is 14.2. The molecule has 1 aliphatic carbocycles. The number of aromatic nitrogens is 1. The number of para-hydroxylation sites is 1. The summed E-state index contributed by atoms with van der Waals surface area (Å²) in [7, 11) is 0. The van der Waals surface area contributed by atoms with Crippen molar-refractivity contribution < 1.29 is 9.53 Å². The second kappa shape index (κ2) is 6.55. The molecule has 0 unspecified atom stereocenters. The number of ether oxygens (including phenoxy) is 1. The average molecular weight is 332 g/mol.